The first-order valence-electron chi connectivity index (χ1n) is 11.1. The minimum Gasteiger partial charge on any atom is -0.488 e. The molecule has 0 amide bonds. The number of aryl methyl sites for hydroxylation is 1. The summed E-state index contributed by atoms with van der Waals surface area (Å²) in [5.74, 6) is 0.501. The number of hydrogen-bond donors (Lipinski definition) is 0. The molecule has 0 bridgehead atoms. The normalized spacial score (nSPS) is 11.8. The number of rotatable bonds is 11. The second kappa shape index (κ2) is 11.8. The van der Waals surface area contributed by atoms with Crippen molar-refractivity contribution in [3.05, 3.63) is 76.2 Å². The summed E-state index contributed by atoms with van der Waals surface area (Å²) in [5.41, 5.74) is 3.97. The summed E-state index contributed by atoms with van der Waals surface area (Å²) in [7, 11) is 0. The van der Waals surface area contributed by atoms with Gasteiger partial charge in [-0.1, -0.05) is 36.4 Å². The van der Waals surface area contributed by atoms with Crippen LogP contribution in [-0.2, 0) is 27.3 Å². The largest absolute Gasteiger partial charge is 0.488 e. The highest BCUT2D eigenvalue weighted by atomic mass is 32.1. The molecule has 0 aliphatic heterocycles. The Bertz CT molecular complexity index is 1070. The minimum atomic E-state index is -0.599. The summed E-state index contributed by atoms with van der Waals surface area (Å²) < 4.78 is 16.7. The molecule has 0 radical (unpaired) electrons. The van der Waals surface area contributed by atoms with Gasteiger partial charge in [-0.15, -0.1) is 11.3 Å². The molecule has 2 aromatic carbocycles. The van der Waals surface area contributed by atoms with Crippen LogP contribution >= 0.6 is 11.3 Å². The van der Waals surface area contributed by atoms with Gasteiger partial charge in [0.2, 0.25) is 0 Å². The van der Waals surface area contributed by atoms with Crippen LogP contribution in [0.3, 0.4) is 0 Å². The highest BCUT2D eigenvalue weighted by molar-refractivity contribution is 7.15. The SMILES string of the molecule is CCOC(=O)C(Cc1ccc(OCc2sc(-c3ccc(C(C)=O)cc3)cc2C)cc1)OCC. The van der Waals surface area contributed by atoms with Crippen molar-refractivity contribution in [2.75, 3.05) is 13.2 Å². The first-order chi connectivity index (χ1) is 15.9. The van der Waals surface area contributed by atoms with E-state index in [1.165, 1.54) is 5.56 Å². The van der Waals surface area contributed by atoms with Crippen LogP contribution in [0.15, 0.2) is 54.6 Å². The van der Waals surface area contributed by atoms with Gasteiger partial charge in [-0.05, 0) is 62.6 Å². The molecule has 0 saturated heterocycles. The molecule has 0 spiro atoms. The summed E-state index contributed by atoms with van der Waals surface area (Å²) in [4.78, 5) is 25.9. The third-order valence-electron chi connectivity index (χ3n) is 5.23. The van der Waals surface area contributed by atoms with Crippen molar-refractivity contribution in [3.8, 4) is 16.2 Å². The molecule has 6 heteroatoms. The van der Waals surface area contributed by atoms with Crippen molar-refractivity contribution < 1.29 is 23.8 Å². The Balaban J connectivity index is 1.61. The molecular weight excluding hydrogens is 436 g/mol. The van der Waals surface area contributed by atoms with Gasteiger partial charge in [0.05, 0.1) is 6.61 Å². The maximum Gasteiger partial charge on any atom is 0.335 e. The van der Waals surface area contributed by atoms with Crippen molar-refractivity contribution in [2.45, 2.75) is 46.8 Å². The fourth-order valence-electron chi connectivity index (χ4n) is 3.41. The smallest absolute Gasteiger partial charge is 0.335 e. The van der Waals surface area contributed by atoms with Gasteiger partial charge < -0.3 is 14.2 Å². The number of thiophene rings is 1. The van der Waals surface area contributed by atoms with E-state index in [1.807, 2.05) is 55.5 Å². The predicted molar refractivity (Wildman–Crippen MR) is 131 cm³/mol. The van der Waals surface area contributed by atoms with Gasteiger partial charge in [0.15, 0.2) is 11.9 Å². The summed E-state index contributed by atoms with van der Waals surface area (Å²) in [6.45, 7) is 8.57. The van der Waals surface area contributed by atoms with E-state index in [9.17, 15) is 9.59 Å². The molecular formula is C27H30O5S. The van der Waals surface area contributed by atoms with E-state index in [2.05, 4.69) is 13.0 Å². The van der Waals surface area contributed by atoms with E-state index in [0.717, 1.165) is 26.6 Å². The third kappa shape index (κ3) is 6.76. The summed E-state index contributed by atoms with van der Waals surface area (Å²) in [6, 6.07) is 17.6. The number of ketones is 1. The zero-order chi connectivity index (χ0) is 23.8. The van der Waals surface area contributed by atoms with Crippen LogP contribution in [0.25, 0.3) is 10.4 Å². The van der Waals surface area contributed by atoms with Crippen LogP contribution in [-0.4, -0.2) is 31.1 Å². The molecule has 1 aromatic heterocycles. The van der Waals surface area contributed by atoms with Crippen molar-refractivity contribution >= 4 is 23.1 Å². The Morgan fingerprint density at radius 1 is 0.970 bits per heavy atom. The lowest BCUT2D eigenvalue weighted by Crippen LogP contribution is -2.28. The summed E-state index contributed by atoms with van der Waals surface area (Å²) in [6.07, 6.45) is -0.138. The highest BCUT2D eigenvalue weighted by Gasteiger charge is 2.20. The zero-order valence-corrected chi connectivity index (χ0v) is 20.4. The molecule has 1 atom stereocenters. The molecule has 0 N–H and O–H groups in total. The maximum absolute atomic E-state index is 12.1. The van der Waals surface area contributed by atoms with Crippen LogP contribution in [0.1, 0.15) is 47.1 Å². The molecule has 0 fully saturated rings. The first-order valence-corrected chi connectivity index (χ1v) is 11.9. The van der Waals surface area contributed by atoms with Crippen LogP contribution in [0.2, 0.25) is 0 Å². The molecule has 0 aliphatic carbocycles. The molecule has 0 aliphatic rings. The van der Waals surface area contributed by atoms with Gasteiger partial charge in [-0.2, -0.15) is 0 Å². The van der Waals surface area contributed by atoms with Crippen LogP contribution < -0.4 is 4.74 Å². The van der Waals surface area contributed by atoms with Gasteiger partial charge in [0, 0.05) is 28.3 Å². The average Bonchev–Trinajstić information content (AvgIpc) is 3.19. The Kier molecular flexibility index (Phi) is 8.80. The monoisotopic (exact) mass is 466 g/mol. The van der Waals surface area contributed by atoms with E-state index in [-0.39, 0.29) is 11.8 Å². The van der Waals surface area contributed by atoms with Gasteiger partial charge in [-0.3, -0.25) is 4.79 Å². The fraction of sp³-hybridized carbons (Fsp3) is 0.333. The number of esters is 1. The molecule has 3 aromatic rings. The number of hydrogen-bond acceptors (Lipinski definition) is 6. The molecule has 174 valence electrons. The Labute approximate surface area is 199 Å². The quantitative estimate of drug-likeness (QED) is 0.256. The number of ether oxygens (including phenoxy) is 3. The van der Waals surface area contributed by atoms with Crippen molar-refractivity contribution in [2.24, 2.45) is 0 Å². The van der Waals surface area contributed by atoms with E-state index in [4.69, 9.17) is 14.2 Å². The first kappa shape index (κ1) is 24.7. The van der Waals surface area contributed by atoms with Crippen LogP contribution in [0.4, 0.5) is 0 Å². The number of Topliss-reactive ketones (excluding diaryl/α,β-unsaturated/α-hetero) is 1. The van der Waals surface area contributed by atoms with Crippen molar-refractivity contribution in [3.63, 3.8) is 0 Å². The lowest BCUT2D eigenvalue weighted by Gasteiger charge is -2.15. The van der Waals surface area contributed by atoms with E-state index in [1.54, 1.807) is 25.2 Å². The van der Waals surface area contributed by atoms with Gasteiger partial charge in [0.1, 0.15) is 12.4 Å². The van der Waals surface area contributed by atoms with Crippen molar-refractivity contribution in [1.29, 1.82) is 0 Å². The van der Waals surface area contributed by atoms with Crippen LogP contribution in [0, 0.1) is 6.92 Å². The van der Waals surface area contributed by atoms with E-state index >= 15 is 0 Å². The lowest BCUT2D eigenvalue weighted by molar-refractivity contribution is -0.156. The molecule has 0 saturated carbocycles. The predicted octanol–water partition coefficient (Wildman–Crippen LogP) is 6.02. The molecule has 5 nitrogen and oxygen atoms in total. The van der Waals surface area contributed by atoms with E-state index < -0.39 is 6.10 Å². The number of carbonyl (C=O) groups is 2. The van der Waals surface area contributed by atoms with Gasteiger partial charge >= 0.3 is 5.97 Å². The third-order valence-corrected chi connectivity index (χ3v) is 6.49. The van der Waals surface area contributed by atoms with Crippen molar-refractivity contribution in [1.82, 2.24) is 0 Å². The fourth-order valence-corrected chi connectivity index (χ4v) is 4.50. The van der Waals surface area contributed by atoms with Crippen LogP contribution in [0.5, 0.6) is 5.75 Å². The topological polar surface area (TPSA) is 61.8 Å². The highest BCUT2D eigenvalue weighted by Crippen LogP contribution is 2.32. The van der Waals surface area contributed by atoms with Gasteiger partial charge in [-0.25, -0.2) is 4.79 Å². The average molecular weight is 467 g/mol. The molecule has 1 heterocycles. The Morgan fingerprint density at radius 2 is 1.67 bits per heavy atom. The van der Waals surface area contributed by atoms with E-state index in [0.29, 0.717) is 31.8 Å². The molecule has 33 heavy (non-hydrogen) atoms. The molecule has 3 rings (SSSR count). The number of benzene rings is 2. The second-order valence-electron chi connectivity index (χ2n) is 7.68. The Morgan fingerprint density at radius 3 is 2.27 bits per heavy atom. The standard InChI is InChI=1S/C27H30O5S/c1-5-30-24(27(29)31-6-2)16-20-7-13-23(14-8-20)32-17-26-18(3)15-25(33-26)22-11-9-21(10-12-22)19(4)28/h7-15,24H,5-6,16-17H2,1-4H3. The molecule has 1 unspecified atom stereocenters. The maximum atomic E-state index is 12.1. The number of carbonyl (C=O) groups excluding carboxylic acids is 2. The Hall–Kier alpha value is -2.96. The summed E-state index contributed by atoms with van der Waals surface area (Å²) >= 11 is 1.69. The van der Waals surface area contributed by atoms with Gasteiger partial charge in [0.25, 0.3) is 0 Å². The second-order valence-corrected chi connectivity index (χ2v) is 8.82. The zero-order valence-electron chi connectivity index (χ0n) is 19.6. The minimum absolute atomic E-state index is 0.0679. The summed E-state index contributed by atoms with van der Waals surface area (Å²) in [5, 5.41) is 0. The lowest BCUT2D eigenvalue weighted by atomic mass is 10.1.